The number of halogens is 1. The quantitative estimate of drug-likeness (QED) is 0.883. The molecule has 0 bridgehead atoms. The van der Waals surface area contributed by atoms with E-state index in [1.165, 1.54) is 4.88 Å². The molecule has 1 amide bonds. The number of rotatable bonds is 4. The third-order valence-electron chi connectivity index (χ3n) is 2.77. The van der Waals surface area contributed by atoms with Gasteiger partial charge in [-0.25, -0.2) is 0 Å². The summed E-state index contributed by atoms with van der Waals surface area (Å²) < 4.78 is 1.11. The lowest BCUT2D eigenvalue weighted by Crippen LogP contribution is -2.17. The van der Waals surface area contributed by atoms with Crippen molar-refractivity contribution in [1.82, 2.24) is 5.32 Å². The van der Waals surface area contributed by atoms with Gasteiger partial charge >= 0.3 is 0 Å². The van der Waals surface area contributed by atoms with Gasteiger partial charge in [-0.2, -0.15) is 0 Å². The zero-order chi connectivity index (χ0) is 13.8. The Morgan fingerprint density at radius 1 is 1.32 bits per heavy atom. The fourth-order valence-electron chi connectivity index (χ4n) is 1.74. The molecule has 0 radical (unpaired) electrons. The average molecular weight is 339 g/mol. The smallest absolute Gasteiger partial charge is 0.251 e. The largest absolute Gasteiger partial charge is 0.378 e. The number of amides is 1. The Hall–Kier alpha value is -1.33. The van der Waals surface area contributed by atoms with Crippen molar-refractivity contribution >= 4 is 38.9 Å². The van der Waals surface area contributed by atoms with Crippen LogP contribution in [0.1, 0.15) is 28.2 Å². The molecule has 2 N–H and O–H groups in total. The number of anilines is 1. The molecule has 0 aliphatic carbocycles. The van der Waals surface area contributed by atoms with E-state index in [0.717, 1.165) is 10.2 Å². The molecule has 2 aromatic rings. The van der Waals surface area contributed by atoms with Crippen molar-refractivity contribution in [2.24, 2.45) is 0 Å². The Morgan fingerprint density at radius 2 is 2.00 bits per heavy atom. The second-order valence-electron chi connectivity index (χ2n) is 4.19. The zero-order valence-electron chi connectivity index (χ0n) is 10.7. The molecule has 1 aromatic heterocycles. The Balaban J connectivity index is 2.05. The van der Waals surface area contributed by atoms with Gasteiger partial charge in [-0.05, 0) is 53.2 Å². The molecule has 1 unspecified atom stereocenters. The number of hydrogen-bond acceptors (Lipinski definition) is 3. The predicted molar refractivity (Wildman–Crippen MR) is 83.9 cm³/mol. The molecule has 1 aromatic carbocycles. The van der Waals surface area contributed by atoms with Gasteiger partial charge < -0.3 is 10.6 Å². The van der Waals surface area contributed by atoms with Crippen LogP contribution >= 0.6 is 27.3 Å². The van der Waals surface area contributed by atoms with Crippen molar-refractivity contribution in [2.75, 3.05) is 12.4 Å². The zero-order valence-corrected chi connectivity index (χ0v) is 13.1. The maximum Gasteiger partial charge on any atom is 0.251 e. The predicted octanol–water partition coefficient (Wildman–Crippen LogP) is 4.04. The lowest BCUT2D eigenvalue weighted by atomic mass is 10.2. The van der Waals surface area contributed by atoms with E-state index in [0.29, 0.717) is 5.56 Å². The number of carbonyl (C=O) groups is 1. The molecule has 5 heteroatoms. The summed E-state index contributed by atoms with van der Waals surface area (Å²) in [7, 11) is 1.63. The molecule has 1 heterocycles. The van der Waals surface area contributed by atoms with Gasteiger partial charge in [0.1, 0.15) is 0 Å². The summed E-state index contributed by atoms with van der Waals surface area (Å²) in [4.78, 5) is 12.7. The van der Waals surface area contributed by atoms with E-state index in [1.807, 2.05) is 24.3 Å². The highest BCUT2D eigenvalue weighted by Gasteiger charge is 2.08. The van der Waals surface area contributed by atoms with Crippen LogP contribution in [0.25, 0.3) is 0 Å². The molecule has 0 saturated carbocycles. The Labute approximate surface area is 125 Å². The van der Waals surface area contributed by atoms with Crippen LogP contribution in [-0.2, 0) is 0 Å². The highest BCUT2D eigenvalue weighted by molar-refractivity contribution is 9.10. The summed E-state index contributed by atoms with van der Waals surface area (Å²) in [5.74, 6) is -0.0678. The summed E-state index contributed by atoms with van der Waals surface area (Å²) in [6.45, 7) is 2.12. The highest BCUT2D eigenvalue weighted by Crippen LogP contribution is 2.27. The van der Waals surface area contributed by atoms with Crippen molar-refractivity contribution in [2.45, 2.75) is 13.0 Å². The minimum atomic E-state index is -0.0678. The standard InChI is InChI=1S/C14H15BrN2OS/c1-9(13-7-11(15)8-19-13)17-12-5-3-10(4-6-12)14(18)16-2/h3-9,17H,1-2H3,(H,16,18). The Morgan fingerprint density at radius 3 is 2.53 bits per heavy atom. The number of carbonyl (C=O) groups excluding carboxylic acids is 1. The van der Waals surface area contributed by atoms with E-state index in [1.54, 1.807) is 18.4 Å². The molecule has 2 rings (SSSR count). The first-order valence-electron chi connectivity index (χ1n) is 5.93. The molecule has 0 aliphatic rings. The van der Waals surface area contributed by atoms with Crippen LogP contribution in [-0.4, -0.2) is 13.0 Å². The summed E-state index contributed by atoms with van der Waals surface area (Å²) in [5.41, 5.74) is 1.67. The second kappa shape index (κ2) is 6.21. The van der Waals surface area contributed by atoms with Crippen molar-refractivity contribution in [1.29, 1.82) is 0 Å². The normalized spacial score (nSPS) is 11.9. The summed E-state index contributed by atoms with van der Waals surface area (Å²) in [5, 5.41) is 8.09. The molecule has 100 valence electrons. The SMILES string of the molecule is CNC(=O)c1ccc(NC(C)c2cc(Br)cs2)cc1. The fraction of sp³-hybridized carbons (Fsp3) is 0.214. The van der Waals surface area contributed by atoms with Crippen molar-refractivity contribution < 1.29 is 4.79 Å². The van der Waals surface area contributed by atoms with Crippen LogP contribution in [0, 0.1) is 0 Å². The number of benzene rings is 1. The minimum Gasteiger partial charge on any atom is -0.378 e. The maximum atomic E-state index is 11.4. The summed E-state index contributed by atoms with van der Waals surface area (Å²) in [6.07, 6.45) is 0. The molecule has 19 heavy (non-hydrogen) atoms. The van der Waals surface area contributed by atoms with E-state index >= 15 is 0 Å². The molecule has 0 aliphatic heterocycles. The number of hydrogen-bond donors (Lipinski definition) is 2. The van der Waals surface area contributed by atoms with Gasteiger partial charge in [0.05, 0.1) is 6.04 Å². The lowest BCUT2D eigenvalue weighted by Gasteiger charge is -2.13. The third-order valence-corrected chi connectivity index (χ3v) is 4.65. The fourth-order valence-corrected chi connectivity index (χ4v) is 3.19. The van der Waals surface area contributed by atoms with Crippen molar-refractivity contribution in [3.63, 3.8) is 0 Å². The number of thiophene rings is 1. The van der Waals surface area contributed by atoms with E-state index < -0.39 is 0 Å². The van der Waals surface area contributed by atoms with E-state index in [-0.39, 0.29) is 11.9 Å². The van der Waals surface area contributed by atoms with Crippen molar-refractivity contribution in [3.05, 3.63) is 50.6 Å². The van der Waals surface area contributed by atoms with Crippen LogP contribution in [0.3, 0.4) is 0 Å². The van der Waals surface area contributed by atoms with Gasteiger partial charge in [0, 0.05) is 33.0 Å². The maximum absolute atomic E-state index is 11.4. The molecule has 0 fully saturated rings. The van der Waals surface area contributed by atoms with E-state index in [2.05, 4.69) is 44.9 Å². The Bertz CT molecular complexity index is 565. The van der Waals surface area contributed by atoms with E-state index in [9.17, 15) is 4.79 Å². The summed E-state index contributed by atoms with van der Waals surface area (Å²) in [6, 6.07) is 9.83. The molecule has 3 nitrogen and oxygen atoms in total. The van der Waals surface area contributed by atoms with Crippen LogP contribution in [0.5, 0.6) is 0 Å². The van der Waals surface area contributed by atoms with Gasteiger partial charge in [0.25, 0.3) is 5.91 Å². The first kappa shape index (κ1) is 14.1. The monoisotopic (exact) mass is 338 g/mol. The van der Waals surface area contributed by atoms with Crippen LogP contribution in [0.4, 0.5) is 5.69 Å². The van der Waals surface area contributed by atoms with Gasteiger partial charge in [-0.1, -0.05) is 0 Å². The first-order valence-corrected chi connectivity index (χ1v) is 7.60. The van der Waals surface area contributed by atoms with Gasteiger partial charge in [0.2, 0.25) is 0 Å². The van der Waals surface area contributed by atoms with Gasteiger partial charge in [0.15, 0.2) is 0 Å². The van der Waals surface area contributed by atoms with Gasteiger partial charge in [-0.3, -0.25) is 4.79 Å². The van der Waals surface area contributed by atoms with Crippen LogP contribution < -0.4 is 10.6 Å². The molecule has 1 atom stereocenters. The van der Waals surface area contributed by atoms with E-state index in [4.69, 9.17) is 0 Å². The third kappa shape index (κ3) is 3.58. The molecular weight excluding hydrogens is 324 g/mol. The summed E-state index contributed by atoms with van der Waals surface area (Å²) >= 11 is 5.17. The lowest BCUT2D eigenvalue weighted by molar-refractivity contribution is 0.0963. The second-order valence-corrected chi connectivity index (χ2v) is 6.05. The average Bonchev–Trinajstić information content (AvgIpc) is 2.85. The topological polar surface area (TPSA) is 41.1 Å². The first-order chi connectivity index (χ1) is 9.10. The highest BCUT2D eigenvalue weighted by atomic mass is 79.9. The molecule has 0 saturated heterocycles. The van der Waals surface area contributed by atoms with Crippen LogP contribution in [0.15, 0.2) is 40.2 Å². The van der Waals surface area contributed by atoms with Crippen LogP contribution in [0.2, 0.25) is 0 Å². The number of nitrogens with one attached hydrogen (secondary N) is 2. The molecular formula is C14H15BrN2OS. The Kier molecular flexibility index (Phi) is 4.61. The van der Waals surface area contributed by atoms with Crippen molar-refractivity contribution in [3.8, 4) is 0 Å². The van der Waals surface area contributed by atoms with Gasteiger partial charge in [-0.15, -0.1) is 11.3 Å². The minimum absolute atomic E-state index is 0.0678. The molecule has 0 spiro atoms.